The van der Waals surface area contributed by atoms with Crippen LogP contribution in [-0.2, 0) is 6.54 Å². The van der Waals surface area contributed by atoms with Crippen LogP contribution in [0, 0.1) is 6.92 Å². The summed E-state index contributed by atoms with van der Waals surface area (Å²) in [6.45, 7) is 4.93. The molecule has 0 spiro atoms. The number of nitrogens with zero attached hydrogens (tertiary/aromatic N) is 1. The van der Waals surface area contributed by atoms with E-state index in [2.05, 4.69) is 48.0 Å². The lowest BCUT2D eigenvalue weighted by Gasteiger charge is -2.02. The largest absolute Gasteiger partial charge is 0.347 e. The molecule has 0 fully saturated rings. The average molecular weight is 172 g/mol. The van der Waals surface area contributed by atoms with E-state index in [-0.39, 0.29) is 0 Å². The average Bonchev–Trinajstić information content (AvgIpc) is 2.58. The SMILES string of the molecule is [CH2]CCCn1ccc2ccccc21. The minimum absolute atomic E-state index is 1.01. The highest BCUT2D eigenvalue weighted by atomic mass is 14.9. The first-order chi connectivity index (χ1) is 6.42. The van der Waals surface area contributed by atoms with Crippen molar-refractivity contribution in [2.24, 2.45) is 0 Å². The molecule has 1 heteroatoms. The third-order valence-electron chi connectivity index (χ3n) is 2.33. The van der Waals surface area contributed by atoms with Crippen molar-refractivity contribution in [2.75, 3.05) is 0 Å². The smallest absolute Gasteiger partial charge is 0.0480 e. The predicted octanol–water partition coefficient (Wildman–Crippen LogP) is 3.26. The van der Waals surface area contributed by atoms with E-state index in [4.69, 9.17) is 0 Å². The zero-order valence-electron chi connectivity index (χ0n) is 7.74. The number of rotatable bonds is 3. The first-order valence-electron chi connectivity index (χ1n) is 4.75. The van der Waals surface area contributed by atoms with Crippen molar-refractivity contribution in [3.05, 3.63) is 43.5 Å². The number of unbranched alkanes of at least 4 members (excludes halogenated alkanes) is 1. The third-order valence-corrected chi connectivity index (χ3v) is 2.33. The normalized spacial score (nSPS) is 10.8. The number of aryl methyl sites for hydroxylation is 1. The maximum absolute atomic E-state index is 3.85. The van der Waals surface area contributed by atoms with Gasteiger partial charge < -0.3 is 4.57 Å². The summed E-state index contributed by atoms with van der Waals surface area (Å²) in [5, 5.41) is 1.33. The second kappa shape index (κ2) is 3.65. The molecule has 0 amide bonds. The van der Waals surface area contributed by atoms with Crippen LogP contribution in [0.15, 0.2) is 36.5 Å². The summed E-state index contributed by atoms with van der Waals surface area (Å²) < 4.78 is 2.29. The number of fused-ring (bicyclic) bond motifs is 1. The van der Waals surface area contributed by atoms with Crippen LogP contribution in [0.4, 0.5) is 0 Å². The molecule has 0 N–H and O–H groups in total. The summed E-state index contributed by atoms with van der Waals surface area (Å²) in [4.78, 5) is 0. The molecule has 67 valence electrons. The molecule has 0 saturated heterocycles. The molecular weight excluding hydrogens is 158 g/mol. The maximum atomic E-state index is 3.85. The van der Waals surface area contributed by atoms with Gasteiger partial charge in [0.05, 0.1) is 0 Å². The van der Waals surface area contributed by atoms with Gasteiger partial charge in [0, 0.05) is 18.3 Å². The Labute approximate surface area is 79.0 Å². The quantitative estimate of drug-likeness (QED) is 0.669. The summed E-state index contributed by atoms with van der Waals surface area (Å²) in [6.07, 6.45) is 4.31. The van der Waals surface area contributed by atoms with E-state index in [9.17, 15) is 0 Å². The van der Waals surface area contributed by atoms with Crippen LogP contribution in [0.3, 0.4) is 0 Å². The molecule has 1 aromatic heterocycles. The first kappa shape index (κ1) is 8.36. The van der Waals surface area contributed by atoms with Crippen molar-refractivity contribution < 1.29 is 0 Å². The fraction of sp³-hybridized carbons (Fsp3) is 0.250. The van der Waals surface area contributed by atoms with E-state index in [0.717, 1.165) is 19.4 Å². The van der Waals surface area contributed by atoms with Crippen LogP contribution in [0.1, 0.15) is 12.8 Å². The van der Waals surface area contributed by atoms with Crippen LogP contribution >= 0.6 is 0 Å². The van der Waals surface area contributed by atoms with E-state index in [1.165, 1.54) is 10.9 Å². The van der Waals surface area contributed by atoms with Crippen LogP contribution in [0.2, 0.25) is 0 Å². The number of para-hydroxylation sites is 1. The van der Waals surface area contributed by atoms with Crippen molar-refractivity contribution in [1.29, 1.82) is 0 Å². The standard InChI is InChI=1S/C12H14N/c1-2-3-9-13-10-8-11-6-4-5-7-12(11)13/h4-8,10H,1-3,9H2. The van der Waals surface area contributed by atoms with Gasteiger partial charge in [0.1, 0.15) is 0 Å². The highest BCUT2D eigenvalue weighted by Gasteiger charge is 1.97. The zero-order chi connectivity index (χ0) is 9.10. The Morgan fingerprint density at radius 3 is 2.85 bits per heavy atom. The van der Waals surface area contributed by atoms with Crippen molar-refractivity contribution in [1.82, 2.24) is 4.57 Å². The molecule has 0 atom stereocenters. The highest BCUT2D eigenvalue weighted by Crippen LogP contribution is 2.15. The second-order valence-corrected chi connectivity index (χ2v) is 3.28. The monoisotopic (exact) mass is 172 g/mol. The van der Waals surface area contributed by atoms with Crippen molar-refractivity contribution in [3.8, 4) is 0 Å². The van der Waals surface area contributed by atoms with Crippen molar-refractivity contribution in [3.63, 3.8) is 0 Å². The van der Waals surface area contributed by atoms with Crippen molar-refractivity contribution in [2.45, 2.75) is 19.4 Å². The summed E-state index contributed by atoms with van der Waals surface area (Å²) in [6, 6.07) is 10.6. The van der Waals surface area contributed by atoms with Gasteiger partial charge in [-0.05, 0) is 23.9 Å². The van der Waals surface area contributed by atoms with Gasteiger partial charge in [-0.1, -0.05) is 31.5 Å². The van der Waals surface area contributed by atoms with E-state index in [1.54, 1.807) is 0 Å². The summed E-state index contributed by atoms with van der Waals surface area (Å²) in [5.41, 5.74) is 1.33. The van der Waals surface area contributed by atoms with Gasteiger partial charge in [-0.3, -0.25) is 0 Å². The fourth-order valence-electron chi connectivity index (χ4n) is 1.62. The number of hydrogen-bond acceptors (Lipinski definition) is 0. The van der Waals surface area contributed by atoms with Crippen LogP contribution in [-0.4, -0.2) is 4.57 Å². The molecule has 0 bridgehead atoms. The van der Waals surface area contributed by atoms with E-state index < -0.39 is 0 Å². The van der Waals surface area contributed by atoms with Crippen molar-refractivity contribution >= 4 is 10.9 Å². The van der Waals surface area contributed by atoms with Gasteiger partial charge >= 0.3 is 0 Å². The summed E-state index contributed by atoms with van der Waals surface area (Å²) in [7, 11) is 0. The molecular formula is C12H14N. The Morgan fingerprint density at radius 1 is 1.15 bits per heavy atom. The Bertz CT molecular complexity index is 387. The minimum atomic E-state index is 1.01. The third kappa shape index (κ3) is 1.59. The first-order valence-corrected chi connectivity index (χ1v) is 4.75. The van der Waals surface area contributed by atoms with Gasteiger partial charge in [0.2, 0.25) is 0 Å². The topological polar surface area (TPSA) is 4.93 Å². The summed E-state index contributed by atoms with van der Waals surface area (Å²) >= 11 is 0. The van der Waals surface area contributed by atoms with Gasteiger partial charge in [-0.15, -0.1) is 0 Å². The van der Waals surface area contributed by atoms with Gasteiger partial charge in [-0.2, -0.15) is 0 Å². The Morgan fingerprint density at radius 2 is 2.00 bits per heavy atom. The molecule has 1 radical (unpaired) electrons. The number of benzene rings is 1. The minimum Gasteiger partial charge on any atom is -0.347 e. The molecule has 0 unspecified atom stereocenters. The maximum Gasteiger partial charge on any atom is 0.0480 e. The van der Waals surface area contributed by atoms with Crippen LogP contribution in [0.5, 0.6) is 0 Å². The van der Waals surface area contributed by atoms with Gasteiger partial charge in [-0.25, -0.2) is 0 Å². The molecule has 1 nitrogen and oxygen atoms in total. The Hall–Kier alpha value is -1.24. The lowest BCUT2D eigenvalue weighted by atomic mass is 10.2. The molecule has 0 saturated carbocycles. The summed E-state index contributed by atoms with van der Waals surface area (Å²) in [5.74, 6) is 0. The Kier molecular flexibility index (Phi) is 2.35. The molecule has 13 heavy (non-hydrogen) atoms. The lowest BCUT2D eigenvalue weighted by Crippen LogP contribution is -1.94. The molecule has 0 aliphatic carbocycles. The van der Waals surface area contributed by atoms with E-state index in [0.29, 0.717) is 0 Å². The number of aromatic nitrogens is 1. The molecule has 2 rings (SSSR count). The van der Waals surface area contributed by atoms with Crippen LogP contribution in [0.25, 0.3) is 10.9 Å². The van der Waals surface area contributed by atoms with E-state index >= 15 is 0 Å². The Balaban J connectivity index is 2.35. The van der Waals surface area contributed by atoms with E-state index in [1.807, 2.05) is 0 Å². The molecule has 0 aliphatic heterocycles. The fourth-order valence-corrected chi connectivity index (χ4v) is 1.62. The van der Waals surface area contributed by atoms with Gasteiger partial charge in [0.15, 0.2) is 0 Å². The number of hydrogen-bond donors (Lipinski definition) is 0. The molecule has 0 aliphatic rings. The van der Waals surface area contributed by atoms with Crippen LogP contribution < -0.4 is 0 Å². The zero-order valence-corrected chi connectivity index (χ0v) is 7.74. The molecule has 2 aromatic rings. The second-order valence-electron chi connectivity index (χ2n) is 3.28. The highest BCUT2D eigenvalue weighted by molar-refractivity contribution is 5.79. The molecule has 1 aromatic carbocycles. The van der Waals surface area contributed by atoms with Gasteiger partial charge in [0.25, 0.3) is 0 Å². The lowest BCUT2D eigenvalue weighted by molar-refractivity contribution is 0.669. The molecule has 1 heterocycles. The predicted molar refractivity (Wildman–Crippen MR) is 56.5 cm³/mol.